The summed E-state index contributed by atoms with van der Waals surface area (Å²) in [6.07, 6.45) is -1.59. The van der Waals surface area contributed by atoms with Crippen LogP contribution in [0, 0.1) is 23.7 Å². The summed E-state index contributed by atoms with van der Waals surface area (Å²) in [5.41, 5.74) is 1.07. The number of nitrogens with zero attached hydrogens (tertiary/aromatic N) is 2. The Bertz CT molecular complexity index is 1370. The number of carboxylic acid groups (broad SMARTS) is 1. The van der Waals surface area contributed by atoms with E-state index in [9.17, 15) is 28.2 Å². The average Bonchev–Trinajstić information content (AvgIpc) is 2.91. The maximum Gasteiger partial charge on any atom is 0.416 e. The number of likely N-dealkylation sites (tertiary alicyclic amines) is 1. The molecule has 0 radical (unpaired) electrons. The maximum absolute atomic E-state index is 12.9. The highest BCUT2D eigenvalue weighted by atomic mass is 19.4. The molecule has 2 aromatic carbocycles. The van der Waals surface area contributed by atoms with Gasteiger partial charge in [-0.1, -0.05) is 17.9 Å². The number of halogens is 3. The minimum absolute atomic E-state index is 0.00764. The van der Waals surface area contributed by atoms with Crippen molar-refractivity contribution in [1.29, 1.82) is 0 Å². The van der Waals surface area contributed by atoms with Crippen LogP contribution in [-0.2, 0) is 11.0 Å². The minimum Gasteiger partial charge on any atom is -0.497 e. The van der Waals surface area contributed by atoms with E-state index in [0.717, 1.165) is 35.0 Å². The SMILES string of the molecule is COc1ccc2nccc([C@H](O)CC[C@@H]3CCN(CC#Cc4cccc(C(F)(F)F)c4)C[C@@H]3CC(=O)O)c2c1. The van der Waals surface area contributed by atoms with Gasteiger partial charge in [-0.15, -0.1) is 0 Å². The van der Waals surface area contributed by atoms with Crippen molar-refractivity contribution in [1.82, 2.24) is 9.88 Å². The van der Waals surface area contributed by atoms with E-state index in [4.69, 9.17) is 4.74 Å². The van der Waals surface area contributed by atoms with Gasteiger partial charge in [-0.2, -0.15) is 13.2 Å². The fourth-order valence-corrected chi connectivity index (χ4v) is 5.25. The molecule has 0 saturated carbocycles. The molecule has 0 amide bonds. The average molecular weight is 541 g/mol. The Morgan fingerprint density at radius 2 is 2.03 bits per heavy atom. The van der Waals surface area contributed by atoms with Crippen LogP contribution in [0.25, 0.3) is 10.9 Å². The second-order valence-electron chi connectivity index (χ2n) is 9.90. The van der Waals surface area contributed by atoms with Gasteiger partial charge in [0.25, 0.3) is 0 Å². The molecule has 3 aromatic rings. The third kappa shape index (κ3) is 7.49. The van der Waals surface area contributed by atoms with Crippen LogP contribution in [0.4, 0.5) is 13.2 Å². The topological polar surface area (TPSA) is 82.9 Å². The molecule has 1 fully saturated rings. The Kier molecular flexibility index (Phi) is 9.10. The Balaban J connectivity index is 1.38. The molecular formula is C30H31F3N2O4. The van der Waals surface area contributed by atoms with Crippen molar-refractivity contribution in [2.24, 2.45) is 11.8 Å². The zero-order chi connectivity index (χ0) is 28.0. The number of methoxy groups -OCH3 is 1. The molecule has 6 nitrogen and oxygen atoms in total. The molecule has 39 heavy (non-hydrogen) atoms. The monoisotopic (exact) mass is 540 g/mol. The third-order valence-electron chi connectivity index (χ3n) is 7.29. The molecule has 0 unspecified atom stereocenters. The highest BCUT2D eigenvalue weighted by Gasteiger charge is 2.32. The lowest BCUT2D eigenvalue weighted by atomic mass is 9.79. The van der Waals surface area contributed by atoms with Crippen molar-refractivity contribution in [3.63, 3.8) is 0 Å². The predicted octanol–water partition coefficient (Wildman–Crippen LogP) is 5.54. The summed E-state index contributed by atoms with van der Waals surface area (Å²) in [4.78, 5) is 18.0. The van der Waals surface area contributed by atoms with E-state index in [0.29, 0.717) is 38.2 Å². The van der Waals surface area contributed by atoms with Crippen LogP contribution in [0.3, 0.4) is 0 Å². The Morgan fingerprint density at radius 1 is 1.21 bits per heavy atom. The van der Waals surface area contributed by atoms with Gasteiger partial charge in [0.15, 0.2) is 0 Å². The molecule has 1 saturated heterocycles. The summed E-state index contributed by atoms with van der Waals surface area (Å²) in [7, 11) is 1.58. The van der Waals surface area contributed by atoms with Crippen LogP contribution < -0.4 is 4.74 Å². The molecule has 0 aliphatic carbocycles. The van der Waals surface area contributed by atoms with Gasteiger partial charge in [-0.3, -0.25) is 14.7 Å². The number of carbonyl (C=O) groups is 1. The quantitative estimate of drug-likeness (QED) is 0.365. The van der Waals surface area contributed by atoms with Gasteiger partial charge in [-0.25, -0.2) is 0 Å². The van der Waals surface area contributed by atoms with E-state index in [1.807, 2.05) is 23.1 Å². The second kappa shape index (κ2) is 12.5. The molecule has 0 spiro atoms. The summed E-state index contributed by atoms with van der Waals surface area (Å²) in [6, 6.07) is 12.2. The van der Waals surface area contributed by atoms with E-state index in [1.54, 1.807) is 19.4 Å². The van der Waals surface area contributed by atoms with Crippen LogP contribution in [0.1, 0.15) is 48.5 Å². The van der Waals surface area contributed by atoms with Crippen molar-refractivity contribution in [2.45, 2.75) is 38.0 Å². The van der Waals surface area contributed by atoms with Gasteiger partial charge in [-0.05, 0) is 85.7 Å². The van der Waals surface area contributed by atoms with Crippen molar-refractivity contribution < 1.29 is 32.9 Å². The van der Waals surface area contributed by atoms with Crippen molar-refractivity contribution in [3.8, 4) is 17.6 Å². The Hall–Kier alpha value is -3.61. The number of aromatic nitrogens is 1. The number of piperidine rings is 1. The van der Waals surface area contributed by atoms with E-state index >= 15 is 0 Å². The molecule has 3 atom stereocenters. The van der Waals surface area contributed by atoms with Crippen LogP contribution in [0.5, 0.6) is 5.75 Å². The first kappa shape index (κ1) is 28.4. The zero-order valence-electron chi connectivity index (χ0n) is 21.6. The van der Waals surface area contributed by atoms with E-state index in [2.05, 4.69) is 16.8 Å². The van der Waals surface area contributed by atoms with E-state index in [1.165, 1.54) is 12.1 Å². The number of fused-ring (bicyclic) bond motifs is 1. The first-order chi connectivity index (χ1) is 18.6. The molecule has 2 heterocycles. The van der Waals surface area contributed by atoms with Crippen LogP contribution in [0.2, 0.25) is 0 Å². The lowest BCUT2D eigenvalue weighted by Crippen LogP contribution is -2.41. The largest absolute Gasteiger partial charge is 0.497 e. The van der Waals surface area contributed by atoms with E-state index in [-0.39, 0.29) is 23.8 Å². The van der Waals surface area contributed by atoms with Gasteiger partial charge in [0, 0.05) is 30.1 Å². The Labute approximate surface area is 225 Å². The minimum atomic E-state index is -4.42. The number of benzene rings is 2. The molecule has 1 aliphatic heterocycles. The van der Waals surface area contributed by atoms with Gasteiger partial charge in [0.05, 0.1) is 30.8 Å². The lowest BCUT2D eigenvalue weighted by Gasteiger charge is -2.37. The number of hydrogen-bond donors (Lipinski definition) is 2. The number of aliphatic hydroxyl groups is 1. The molecular weight excluding hydrogens is 509 g/mol. The number of ether oxygens (including phenoxy) is 1. The fraction of sp³-hybridized carbons (Fsp3) is 0.400. The number of aliphatic carboxylic acids is 1. The standard InChI is InChI=1S/C30H31F3N2O4/c1-39-24-8-9-27-26(18-24)25(11-13-34-27)28(36)10-7-21-12-15-35(19-22(21)17-29(37)38)14-3-5-20-4-2-6-23(16-20)30(31,32)33/h2,4,6,8-9,11,13,16,18,21-22,28,36H,7,10,12,14-15,17,19H2,1H3,(H,37,38)/t21-,22+,28-/m1/s1. The predicted molar refractivity (Wildman–Crippen MR) is 141 cm³/mol. The number of hydrogen-bond acceptors (Lipinski definition) is 5. The summed E-state index contributed by atoms with van der Waals surface area (Å²) >= 11 is 0. The summed E-state index contributed by atoms with van der Waals surface area (Å²) in [5, 5.41) is 21.4. The number of carboxylic acids is 1. The molecule has 1 aromatic heterocycles. The van der Waals surface area contributed by atoms with Gasteiger partial charge >= 0.3 is 12.1 Å². The molecule has 0 bridgehead atoms. The number of pyridine rings is 1. The maximum atomic E-state index is 12.9. The lowest BCUT2D eigenvalue weighted by molar-refractivity contribution is -0.139. The summed E-state index contributed by atoms with van der Waals surface area (Å²) < 4.78 is 44.2. The van der Waals surface area contributed by atoms with Crippen molar-refractivity contribution in [3.05, 3.63) is 71.4 Å². The molecule has 9 heteroatoms. The van der Waals surface area contributed by atoms with E-state index < -0.39 is 23.8 Å². The number of alkyl halides is 3. The van der Waals surface area contributed by atoms with Gasteiger partial charge in [0.2, 0.25) is 0 Å². The van der Waals surface area contributed by atoms with Gasteiger partial charge in [0.1, 0.15) is 5.75 Å². The third-order valence-corrected chi connectivity index (χ3v) is 7.29. The summed E-state index contributed by atoms with van der Waals surface area (Å²) in [5.74, 6) is 5.53. The molecule has 1 aliphatic rings. The van der Waals surface area contributed by atoms with Crippen LogP contribution in [-0.4, -0.2) is 52.8 Å². The first-order valence-corrected chi connectivity index (χ1v) is 12.8. The van der Waals surface area contributed by atoms with Crippen molar-refractivity contribution >= 4 is 16.9 Å². The number of rotatable bonds is 8. The number of aliphatic hydroxyl groups excluding tert-OH is 1. The first-order valence-electron chi connectivity index (χ1n) is 12.8. The zero-order valence-corrected chi connectivity index (χ0v) is 21.6. The molecule has 4 rings (SSSR count). The van der Waals surface area contributed by atoms with Crippen LogP contribution in [0.15, 0.2) is 54.7 Å². The smallest absolute Gasteiger partial charge is 0.416 e. The molecule has 206 valence electrons. The molecule has 2 N–H and O–H groups in total. The second-order valence-corrected chi connectivity index (χ2v) is 9.90. The van der Waals surface area contributed by atoms with Crippen molar-refractivity contribution in [2.75, 3.05) is 26.7 Å². The van der Waals surface area contributed by atoms with Crippen LogP contribution >= 0.6 is 0 Å². The fourth-order valence-electron chi connectivity index (χ4n) is 5.25. The normalized spacial score (nSPS) is 18.8. The summed E-state index contributed by atoms with van der Waals surface area (Å²) in [6.45, 7) is 1.57. The highest BCUT2D eigenvalue weighted by molar-refractivity contribution is 5.83. The highest BCUT2D eigenvalue weighted by Crippen LogP contribution is 2.35. The van der Waals surface area contributed by atoms with Gasteiger partial charge < -0.3 is 14.9 Å². The Morgan fingerprint density at radius 3 is 2.77 bits per heavy atom.